The summed E-state index contributed by atoms with van der Waals surface area (Å²) in [6.45, 7) is -0.489. The molecular formula is C24H24N2O9. The number of hydrogen-bond acceptors (Lipinski definition) is 8. The number of ketones is 1. The molecule has 0 bridgehead atoms. The fourth-order valence-electron chi connectivity index (χ4n) is 3.28. The number of nitrogens with two attached hydrogens (primary N) is 1. The fraction of sp³-hybridized carbons (Fsp3) is 0.250. The highest BCUT2D eigenvalue weighted by molar-refractivity contribution is 6.14. The van der Waals surface area contributed by atoms with Gasteiger partial charge < -0.3 is 35.1 Å². The van der Waals surface area contributed by atoms with Crippen molar-refractivity contribution in [2.75, 3.05) is 20.8 Å². The number of ether oxygens (including phenoxy) is 4. The molecule has 2 amide bonds. The number of primary amides is 1. The minimum atomic E-state index is -1.30. The number of rotatable bonds is 11. The molecule has 2 aromatic rings. The first kappa shape index (κ1) is 25.1. The van der Waals surface area contributed by atoms with Crippen molar-refractivity contribution in [1.82, 2.24) is 5.32 Å². The van der Waals surface area contributed by atoms with E-state index in [0.717, 1.165) is 0 Å². The smallest absolute Gasteiger partial charge is 0.326 e. The van der Waals surface area contributed by atoms with E-state index in [1.807, 2.05) is 0 Å². The highest BCUT2D eigenvalue weighted by atomic mass is 16.5. The van der Waals surface area contributed by atoms with Crippen molar-refractivity contribution >= 4 is 29.6 Å². The molecule has 11 nitrogen and oxygen atoms in total. The molecule has 0 saturated heterocycles. The van der Waals surface area contributed by atoms with Gasteiger partial charge in [0.15, 0.2) is 12.4 Å². The lowest BCUT2D eigenvalue weighted by molar-refractivity contribution is -0.142. The molecular weight excluding hydrogens is 460 g/mol. The normalized spacial score (nSPS) is 14.0. The van der Waals surface area contributed by atoms with Gasteiger partial charge in [-0.05, 0) is 42.8 Å². The molecule has 1 atom stereocenters. The Morgan fingerprint density at radius 2 is 1.86 bits per heavy atom. The topological polar surface area (TPSA) is 163 Å². The van der Waals surface area contributed by atoms with E-state index in [0.29, 0.717) is 22.6 Å². The first-order valence-electron chi connectivity index (χ1n) is 10.5. The third-order valence-electron chi connectivity index (χ3n) is 5.05. The van der Waals surface area contributed by atoms with Crippen LogP contribution in [0.5, 0.6) is 23.0 Å². The molecule has 0 spiro atoms. The fourth-order valence-corrected chi connectivity index (χ4v) is 3.28. The minimum Gasteiger partial charge on any atom is -0.497 e. The monoisotopic (exact) mass is 484 g/mol. The molecule has 3 rings (SSSR count). The quantitative estimate of drug-likeness (QED) is 0.401. The summed E-state index contributed by atoms with van der Waals surface area (Å²) in [6.07, 6.45) is 1.21. The van der Waals surface area contributed by atoms with Crippen LogP contribution in [0, 0.1) is 0 Å². The number of benzene rings is 2. The zero-order valence-electron chi connectivity index (χ0n) is 19.0. The second-order valence-corrected chi connectivity index (χ2v) is 7.46. The first-order valence-corrected chi connectivity index (χ1v) is 10.5. The van der Waals surface area contributed by atoms with Crippen LogP contribution in [0.15, 0.2) is 42.2 Å². The Hall–Kier alpha value is -4.54. The molecule has 1 aliphatic rings. The van der Waals surface area contributed by atoms with E-state index < -0.39 is 30.4 Å². The largest absolute Gasteiger partial charge is 0.497 e. The third kappa shape index (κ3) is 6.28. The number of carbonyl (C=O) groups is 4. The Balaban J connectivity index is 1.67. The van der Waals surface area contributed by atoms with Gasteiger partial charge in [0, 0.05) is 18.1 Å². The Bertz CT molecular complexity index is 1190. The standard InChI is InChI=1S/C24H24N2O9/c1-32-14-4-7-18(33-2)13(9-14)10-20-23(29)16-5-3-15(11-19(16)35-20)34-12-22(28)26-17(24(30)31)6-8-21(25)27/h3-5,7,9-11,17H,6,8,12H2,1-2H3,(H2,25,27)(H,26,28)(H,30,31). The number of carbonyl (C=O) groups excluding carboxylic acids is 3. The molecule has 0 fully saturated rings. The van der Waals surface area contributed by atoms with Gasteiger partial charge >= 0.3 is 5.97 Å². The number of fused-ring (bicyclic) bond motifs is 1. The number of methoxy groups -OCH3 is 2. The van der Waals surface area contributed by atoms with Crippen molar-refractivity contribution in [2.45, 2.75) is 18.9 Å². The Morgan fingerprint density at radius 1 is 1.11 bits per heavy atom. The summed E-state index contributed by atoms with van der Waals surface area (Å²) in [7, 11) is 3.03. The van der Waals surface area contributed by atoms with Gasteiger partial charge in [-0.3, -0.25) is 14.4 Å². The van der Waals surface area contributed by atoms with Crippen LogP contribution in [-0.4, -0.2) is 55.5 Å². The van der Waals surface area contributed by atoms with Crippen molar-refractivity contribution in [3.05, 3.63) is 53.3 Å². The van der Waals surface area contributed by atoms with Gasteiger partial charge in [0.05, 0.1) is 19.8 Å². The molecule has 35 heavy (non-hydrogen) atoms. The summed E-state index contributed by atoms with van der Waals surface area (Å²) in [5.74, 6) is -1.37. The summed E-state index contributed by atoms with van der Waals surface area (Å²) in [4.78, 5) is 47.0. The third-order valence-corrected chi connectivity index (χ3v) is 5.05. The van der Waals surface area contributed by atoms with Crippen molar-refractivity contribution in [3.8, 4) is 23.0 Å². The van der Waals surface area contributed by atoms with Crippen LogP contribution >= 0.6 is 0 Å². The maximum absolute atomic E-state index is 12.8. The molecule has 4 N–H and O–H groups in total. The average molecular weight is 484 g/mol. The van der Waals surface area contributed by atoms with E-state index in [-0.39, 0.29) is 35.9 Å². The molecule has 1 unspecified atom stereocenters. The molecule has 11 heteroatoms. The van der Waals surface area contributed by atoms with Crippen LogP contribution in [-0.2, 0) is 14.4 Å². The lowest BCUT2D eigenvalue weighted by Gasteiger charge is -2.14. The molecule has 2 aromatic carbocycles. The number of nitrogens with one attached hydrogen (secondary N) is 1. The van der Waals surface area contributed by atoms with Gasteiger partial charge in [-0.15, -0.1) is 0 Å². The second kappa shape index (κ2) is 11.1. The van der Waals surface area contributed by atoms with Crippen LogP contribution in [0.2, 0.25) is 0 Å². The van der Waals surface area contributed by atoms with E-state index in [2.05, 4.69) is 5.32 Å². The number of hydrogen-bond donors (Lipinski definition) is 3. The van der Waals surface area contributed by atoms with Crippen molar-refractivity contribution in [1.29, 1.82) is 0 Å². The zero-order valence-corrected chi connectivity index (χ0v) is 19.0. The molecule has 184 valence electrons. The van der Waals surface area contributed by atoms with Crippen molar-refractivity contribution in [3.63, 3.8) is 0 Å². The van der Waals surface area contributed by atoms with Gasteiger partial charge in [-0.25, -0.2) is 4.79 Å². The van der Waals surface area contributed by atoms with Crippen LogP contribution in [0.1, 0.15) is 28.8 Å². The lowest BCUT2D eigenvalue weighted by Crippen LogP contribution is -2.43. The van der Waals surface area contributed by atoms with Gasteiger partial charge in [0.2, 0.25) is 11.7 Å². The predicted octanol–water partition coefficient (Wildman–Crippen LogP) is 1.53. The van der Waals surface area contributed by atoms with Crippen LogP contribution in [0.4, 0.5) is 0 Å². The number of carboxylic acid groups (broad SMARTS) is 1. The first-order chi connectivity index (χ1) is 16.7. The van der Waals surface area contributed by atoms with Crippen LogP contribution in [0.3, 0.4) is 0 Å². The lowest BCUT2D eigenvalue weighted by atomic mass is 10.1. The van der Waals surface area contributed by atoms with E-state index >= 15 is 0 Å². The molecule has 0 aromatic heterocycles. The predicted molar refractivity (Wildman–Crippen MR) is 122 cm³/mol. The van der Waals surface area contributed by atoms with Crippen molar-refractivity contribution < 1.29 is 43.2 Å². The number of Topliss-reactive ketones (excluding diaryl/α,β-unsaturated/α-hetero) is 1. The molecule has 0 saturated carbocycles. The van der Waals surface area contributed by atoms with Crippen LogP contribution in [0.25, 0.3) is 6.08 Å². The Morgan fingerprint density at radius 3 is 2.51 bits per heavy atom. The zero-order chi connectivity index (χ0) is 25.5. The number of amides is 2. The average Bonchev–Trinajstić information content (AvgIpc) is 3.14. The Labute approximate surface area is 200 Å². The maximum Gasteiger partial charge on any atom is 0.326 e. The number of allylic oxidation sites excluding steroid dienone is 1. The second-order valence-electron chi connectivity index (χ2n) is 7.46. The van der Waals surface area contributed by atoms with Gasteiger partial charge in [0.1, 0.15) is 29.0 Å². The summed E-state index contributed by atoms with van der Waals surface area (Å²) in [5.41, 5.74) is 5.92. The molecule has 0 radical (unpaired) electrons. The highest BCUT2D eigenvalue weighted by Crippen LogP contribution is 2.36. The molecule has 1 heterocycles. The summed E-state index contributed by atoms with van der Waals surface area (Å²) < 4.78 is 21.7. The number of carboxylic acids is 1. The minimum absolute atomic E-state index is 0.0696. The van der Waals surface area contributed by atoms with E-state index in [1.165, 1.54) is 38.5 Å². The van der Waals surface area contributed by atoms with Gasteiger partial charge in [-0.1, -0.05) is 0 Å². The van der Waals surface area contributed by atoms with E-state index in [4.69, 9.17) is 29.8 Å². The molecule has 1 aliphatic heterocycles. The maximum atomic E-state index is 12.8. The Kier molecular flexibility index (Phi) is 7.92. The van der Waals surface area contributed by atoms with Gasteiger partial charge in [-0.2, -0.15) is 0 Å². The SMILES string of the molecule is COc1ccc(OC)c(C=C2Oc3cc(OCC(=O)NC(CCC(N)=O)C(=O)O)ccc3C2=O)c1. The van der Waals surface area contributed by atoms with E-state index in [9.17, 15) is 19.2 Å². The van der Waals surface area contributed by atoms with Crippen LogP contribution < -0.4 is 30.0 Å². The van der Waals surface area contributed by atoms with Crippen molar-refractivity contribution in [2.24, 2.45) is 5.73 Å². The molecule has 0 aliphatic carbocycles. The van der Waals surface area contributed by atoms with Gasteiger partial charge in [0.25, 0.3) is 5.91 Å². The highest BCUT2D eigenvalue weighted by Gasteiger charge is 2.28. The summed E-state index contributed by atoms with van der Waals surface area (Å²) >= 11 is 0. The summed E-state index contributed by atoms with van der Waals surface area (Å²) in [5, 5.41) is 11.4. The number of aliphatic carboxylic acids is 1. The van der Waals surface area contributed by atoms with E-state index in [1.54, 1.807) is 18.2 Å². The summed E-state index contributed by atoms with van der Waals surface area (Å²) in [6, 6.07) is 8.30.